The monoisotopic (exact) mass is 652 g/mol. The van der Waals surface area contributed by atoms with Gasteiger partial charge in [-0.2, -0.15) is 0 Å². The molecule has 7 heteroatoms. The van der Waals surface area contributed by atoms with Crippen LogP contribution in [0.15, 0.2) is 24.3 Å². The van der Waals surface area contributed by atoms with Crippen LogP contribution in [0.5, 0.6) is 0 Å². The van der Waals surface area contributed by atoms with Crippen molar-refractivity contribution in [2.75, 3.05) is 72.6 Å². The Morgan fingerprint density at radius 3 is 1.52 bits per heavy atom. The van der Waals surface area contributed by atoms with Crippen LogP contribution < -0.4 is 0 Å². The zero-order valence-corrected chi connectivity index (χ0v) is 32.9. The SMILES string of the molecule is CCCCC/C=C\CCCO[Si](C)(CCCCN1CCN(C)CCN(CCCC[SiH2]C)CC1)OCCC/C=C\CCCCC. The predicted octanol–water partition coefficient (Wildman–Crippen LogP) is 8.67. The standard InChI is InChI=1S/C37H77N3O2Si2/c1-6-8-10-12-14-16-18-22-34-41-44(5,42-35-23-19-17-15-13-11-9-7-2)37-25-21-27-40-31-29-38(3)28-30-39(32-33-40)26-20-24-36-43-4/h14-17H,6-13,18-37,43H2,1-5H3/b16-14-,17-15-. The van der Waals surface area contributed by atoms with E-state index in [-0.39, 0.29) is 9.52 Å². The Balaban J connectivity index is 2.49. The first kappa shape index (κ1) is 41.7. The van der Waals surface area contributed by atoms with Gasteiger partial charge in [-0.25, -0.2) is 0 Å². The van der Waals surface area contributed by atoms with Crippen molar-refractivity contribution in [1.29, 1.82) is 0 Å². The first-order valence-corrected chi connectivity index (χ1v) is 24.2. The van der Waals surface area contributed by atoms with E-state index in [0.29, 0.717) is 0 Å². The van der Waals surface area contributed by atoms with E-state index < -0.39 is 8.56 Å². The molecule has 1 aliphatic heterocycles. The van der Waals surface area contributed by atoms with Crippen LogP contribution in [0.2, 0.25) is 25.2 Å². The summed E-state index contributed by atoms with van der Waals surface area (Å²) in [6.45, 7) is 20.8. The third-order valence-electron chi connectivity index (χ3n) is 9.14. The molecule has 0 aromatic heterocycles. The lowest BCUT2D eigenvalue weighted by molar-refractivity contribution is 0.168. The summed E-state index contributed by atoms with van der Waals surface area (Å²) in [4.78, 5) is 8.00. The van der Waals surface area contributed by atoms with Crippen molar-refractivity contribution >= 4 is 18.1 Å². The molecule has 0 amide bonds. The predicted molar refractivity (Wildman–Crippen MR) is 201 cm³/mol. The molecule has 5 nitrogen and oxygen atoms in total. The quantitative estimate of drug-likeness (QED) is 0.0480. The zero-order valence-electron chi connectivity index (χ0n) is 30.5. The molecule has 260 valence electrons. The van der Waals surface area contributed by atoms with Gasteiger partial charge in [-0.3, -0.25) is 0 Å². The Kier molecular flexibility index (Phi) is 28.5. The third kappa shape index (κ3) is 24.9. The van der Waals surface area contributed by atoms with Crippen LogP contribution >= 0.6 is 0 Å². The minimum Gasteiger partial charge on any atom is -0.394 e. The highest BCUT2D eigenvalue weighted by Crippen LogP contribution is 2.19. The minimum atomic E-state index is -2.16. The Bertz CT molecular complexity index is 651. The number of likely N-dealkylation sites (N-methyl/N-ethyl adjacent to an activating group) is 1. The summed E-state index contributed by atoms with van der Waals surface area (Å²) in [5, 5.41) is 0. The molecule has 1 fully saturated rings. The van der Waals surface area contributed by atoms with E-state index in [1.165, 1.54) is 135 Å². The lowest BCUT2D eigenvalue weighted by atomic mass is 10.2. The van der Waals surface area contributed by atoms with E-state index in [1.54, 1.807) is 0 Å². The molecule has 1 rings (SSSR count). The zero-order chi connectivity index (χ0) is 32.0. The third-order valence-corrected chi connectivity index (χ3v) is 13.2. The van der Waals surface area contributed by atoms with E-state index in [1.807, 2.05) is 0 Å². The fraction of sp³-hybridized carbons (Fsp3) is 0.892. The van der Waals surface area contributed by atoms with Gasteiger partial charge in [0.1, 0.15) is 0 Å². The van der Waals surface area contributed by atoms with Crippen molar-refractivity contribution in [3.05, 3.63) is 24.3 Å². The van der Waals surface area contributed by atoms with Crippen LogP contribution in [0.25, 0.3) is 0 Å². The van der Waals surface area contributed by atoms with Gasteiger partial charge in [0, 0.05) is 62.0 Å². The van der Waals surface area contributed by atoms with Crippen LogP contribution in [0, 0.1) is 0 Å². The molecular formula is C37H77N3O2Si2. The molecule has 0 atom stereocenters. The van der Waals surface area contributed by atoms with Crippen LogP contribution in [0.1, 0.15) is 117 Å². The lowest BCUT2D eigenvalue weighted by Crippen LogP contribution is -2.40. The number of hydrogen-bond acceptors (Lipinski definition) is 5. The van der Waals surface area contributed by atoms with Gasteiger partial charge in [0.05, 0.1) is 0 Å². The highest BCUT2D eigenvalue weighted by atomic mass is 28.4. The number of rotatable bonds is 28. The molecule has 0 N–H and O–H groups in total. The Hall–Kier alpha value is -0.286. The van der Waals surface area contributed by atoms with E-state index >= 15 is 0 Å². The van der Waals surface area contributed by atoms with Crippen molar-refractivity contribution in [2.45, 2.75) is 142 Å². The molecular weight excluding hydrogens is 575 g/mol. The minimum absolute atomic E-state index is 0.228. The summed E-state index contributed by atoms with van der Waals surface area (Å²) in [6.07, 6.45) is 29.6. The summed E-state index contributed by atoms with van der Waals surface area (Å²) in [7, 11) is 0.375. The first-order chi connectivity index (χ1) is 21.5. The molecule has 0 radical (unpaired) electrons. The number of unbranched alkanes of at least 4 members (excludes halogenated alkanes) is 10. The number of nitrogens with zero attached hydrogens (tertiary/aromatic N) is 3. The molecule has 1 aliphatic rings. The van der Waals surface area contributed by atoms with Crippen molar-refractivity contribution in [3.8, 4) is 0 Å². The average Bonchev–Trinajstić information content (AvgIpc) is 3.10. The average molecular weight is 652 g/mol. The van der Waals surface area contributed by atoms with Gasteiger partial charge in [-0.05, 0) is 96.9 Å². The maximum absolute atomic E-state index is 6.62. The van der Waals surface area contributed by atoms with Gasteiger partial charge < -0.3 is 23.6 Å². The van der Waals surface area contributed by atoms with Crippen molar-refractivity contribution in [3.63, 3.8) is 0 Å². The van der Waals surface area contributed by atoms with Gasteiger partial charge in [0.2, 0.25) is 0 Å². The maximum Gasteiger partial charge on any atom is 0.334 e. The van der Waals surface area contributed by atoms with E-state index in [0.717, 1.165) is 44.9 Å². The molecule has 0 aromatic carbocycles. The molecule has 0 aromatic rings. The highest BCUT2D eigenvalue weighted by molar-refractivity contribution is 6.66. The molecule has 44 heavy (non-hydrogen) atoms. The second kappa shape index (κ2) is 30.1. The number of allylic oxidation sites excluding steroid dienone is 4. The normalized spacial score (nSPS) is 16.9. The summed E-state index contributed by atoms with van der Waals surface area (Å²) in [5.41, 5.74) is 0. The topological polar surface area (TPSA) is 28.2 Å². The smallest absolute Gasteiger partial charge is 0.334 e. The highest BCUT2D eigenvalue weighted by Gasteiger charge is 2.30. The van der Waals surface area contributed by atoms with Crippen LogP contribution in [-0.4, -0.2) is 105 Å². The van der Waals surface area contributed by atoms with Crippen molar-refractivity contribution in [1.82, 2.24) is 14.7 Å². The summed E-state index contributed by atoms with van der Waals surface area (Å²) >= 11 is 0. The Labute approximate surface area is 279 Å². The van der Waals surface area contributed by atoms with Gasteiger partial charge in [-0.1, -0.05) is 89.3 Å². The first-order valence-electron chi connectivity index (χ1n) is 19.2. The van der Waals surface area contributed by atoms with Crippen LogP contribution in [0.4, 0.5) is 0 Å². The molecule has 1 saturated heterocycles. The molecule has 0 bridgehead atoms. The summed E-state index contributed by atoms with van der Waals surface area (Å²) in [5.74, 6) is 0. The molecule has 0 spiro atoms. The fourth-order valence-electron chi connectivity index (χ4n) is 5.89. The van der Waals surface area contributed by atoms with E-state index in [2.05, 4.69) is 73.0 Å². The van der Waals surface area contributed by atoms with Crippen molar-refractivity contribution in [2.24, 2.45) is 0 Å². The van der Waals surface area contributed by atoms with Gasteiger partial charge >= 0.3 is 8.56 Å². The van der Waals surface area contributed by atoms with Gasteiger partial charge in [0.15, 0.2) is 0 Å². The lowest BCUT2D eigenvalue weighted by Gasteiger charge is -2.28. The molecule has 0 unspecified atom stereocenters. The van der Waals surface area contributed by atoms with Gasteiger partial charge in [0.25, 0.3) is 0 Å². The molecule has 0 aliphatic carbocycles. The Morgan fingerprint density at radius 1 is 0.591 bits per heavy atom. The fourth-order valence-corrected chi connectivity index (χ4v) is 9.16. The van der Waals surface area contributed by atoms with Gasteiger partial charge in [-0.15, -0.1) is 0 Å². The summed E-state index contributed by atoms with van der Waals surface area (Å²) < 4.78 is 13.2. The van der Waals surface area contributed by atoms with Crippen molar-refractivity contribution < 1.29 is 8.85 Å². The number of hydrogen-bond donors (Lipinski definition) is 0. The van der Waals surface area contributed by atoms with Crippen LogP contribution in [0.3, 0.4) is 0 Å². The van der Waals surface area contributed by atoms with E-state index in [4.69, 9.17) is 8.85 Å². The van der Waals surface area contributed by atoms with E-state index in [9.17, 15) is 0 Å². The Morgan fingerprint density at radius 2 is 1.05 bits per heavy atom. The summed E-state index contributed by atoms with van der Waals surface area (Å²) in [6, 6.07) is 2.63. The van der Waals surface area contributed by atoms with Crippen LogP contribution in [-0.2, 0) is 8.85 Å². The second-order valence-electron chi connectivity index (χ2n) is 13.6. The molecule has 0 saturated carbocycles. The largest absolute Gasteiger partial charge is 0.394 e. The maximum atomic E-state index is 6.62. The second-order valence-corrected chi connectivity index (χ2v) is 18.6. The molecule has 1 heterocycles.